The molecule has 0 aromatic heterocycles. The van der Waals surface area contributed by atoms with E-state index in [-0.39, 0.29) is 18.3 Å². The summed E-state index contributed by atoms with van der Waals surface area (Å²) < 4.78 is 0. The molecule has 4 nitrogen and oxygen atoms in total. The summed E-state index contributed by atoms with van der Waals surface area (Å²) in [6.45, 7) is 6.71. The second-order valence-electron chi connectivity index (χ2n) is 6.40. The van der Waals surface area contributed by atoms with E-state index in [0.717, 1.165) is 51.7 Å². The molecule has 24 heavy (non-hydrogen) atoms. The number of halogens is 3. The lowest BCUT2D eigenvalue weighted by Crippen LogP contribution is -2.50. The topological polar surface area (TPSA) is 35.6 Å². The van der Waals surface area contributed by atoms with E-state index in [1.54, 1.807) is 18.2 Å². The fourth-order valence-corrected chi connectivity index (χ4v) is 4.00. The summed E-state index contributed by atoms with van der Waals surface area (Å²) in [5.74, 6) is 0.684. The molecule has 0 bridgehead atoms. The van der Waals surface area contributed by atoms with Gasteiger partial charge in [0.1, 0.15) is 0 Å². The zero-order chi connectivity index (χ0) is 16.2. The molecule has 1 amide bonds. The summed E-state index contributed by atoms with van der Waals surface area (Å²) in [7, 11) is 0. The third-order valence-corrected chi connectivity index (χ3v) is 5.38. The van der Waals surface area contributed by atoms with Crippen LogP contribution in [0.5, 0.6) is 0 Å². The van der Waals surface area contributed by atoms with E-state index in [1.165, 1.54) is 12.8 Å². The maximum atomic E-state index is 12.7. The van der Waals surface area contributed by atoms with Crippen LogP contribution in [0.2, 0.25) is 10.0 Å². The average molecular weight is 393 g/mol. The molecule has 7 heteroatoms. The summed E-state index contributed by atoms with van der Waals surface area (Å²) >= 11 is 12.3. The Morgan fingerprint density at radius 3 is 2.42 bits per heavy atom. The Kier molecular flexibility index (Phi) is 7.63. The third-order valence-electron chi connectivity index (χ3n) is 4.75. The highest BCUT2D eigenvalue weighted by Crippen LogP contribution is 2.26. The van der Waals surface area contributed by atoms with E-state index >= 15 is 0 Å². The monoisotopic (exact) mass is 391 g/mol. The smallest absolute Gasteiger partial charge is 0.256 e. The van der Waals surface area contributed by atoms with Crippen molar-refractivity contribution < 1.29 is 4.79 Å². The van der Waals surface area contributed by atoms with Crippen molar-refractivity contribution in [1.82, 2.24) is 15.1 Å². The van der Waals surface area contributed by atoms with E-state index in [4.69, 9.17) is 23.2 Å². The highest BCUT2D eigenvalue weighted by Gasteiger charge is 2.26. The van der Waals surface area contributed by atoms with Crippen LogP contribution in [0.25, 0.3) is 0 Å². The molecule has 0 radical (unpaired) electrons. The predicted molar refractivity (Wildman–Crippen MR) is 102 cm³/mol. The van der Waals surface area contributed by atoms with Gasteiger partial charge in [-0.1, -0.05) is 29.3 Å². The van der Waals surface area contributed by atoms with Crippen molar-refractivity contribution in [3.8, 4) is 0 Å². The first-order chi connectivity index (χ1) is 11.1. The molecule has 0 aliphatic carbocycles. The van der Waals surface area contributed by atoms with Crippen LogP contribution in [0.1, 0.15) is 23.2 Å². The Morgan fingerprint density at radius 2 is 1.83 bits per heavy atom. The molecule has 0 spiro atoms. The van der Waals surface area contributed by atoms with Crippen molar-refractivity contribution in [2.24, 2.45) is 5.92 Å². The SMILES string of the molecule is Cl.O=C(c1c(Cl)cccc1Cl)N1CCN(CC2CCCNC2)CC1. The van der Waals surface area contributed by atoms with Gasteiger partial charge < -0.3 is 10.2 Å². The number of piperazine rings is 1. The molecule has 134 valence electrons. The third kappa shape index (κ3) is 4.77. The highest BCUT2D eigenvalue weighted by molar-refractivity contribution is 6.39. The summed E-state index contributed by atoms with van der Waals surface area (Å²) in [5.41, 5.74) is 0.431. The molecule has 1 atom stereocenters. The molecule has 2 aliphatic rings. The first-order valence-electron chi connectivity index (χ1n) is 8.31. The number of hydrogen-bond acceptors (Lipinski definition) is 3. The Bertz CT molecular complexity index is 536. The minimum absolute atomic E-state index is 0. The number of amides is 1. The fourth-order valence-electron chi connectivity index (χ4n) is 3.44. The number of piperidine rings is 1. The van der Waals surface area contributed by atoms with Crippen LogP contribution in [0, 0.1) is 5.92 Å². The fraction of sp³-hybridized carbons (Fsp3) is 0.588. The van der Waals surface area contributed by atoms with Crippen LogP contribution in [0.4, 0.5) is 0 Å². The quantitative estimate of drug-likeness (QED) is 0.858. The standard InChI is InChI=1S/C17H23Cl2N3O.ClH/c18-14-4-1-5-15(19)16(14)17(23)22-9-7-21(8-10-22)12-13-3-2-6-20-11-13;/h1,4-5,13,20H,2-3,6-12H2;1H. The zero-order valence-corrected chi connectivity index (χ0v) is 16.0. The molecule has 2 saturated heterocycles. The number of benzene rings is 1. The molecule has 1 aromatic carbocycles. The van der Waals surface area contributed by atoms with Gasteiger partial charge in [0, 0.05) is 32.7 Å². The maximum absolute atomic E-state index is 12.7. The van der Waals surface area contributed by atoms with Crippen molar-refractivity contribution >= 4 is 41.5 Å². The number of carbonyl (C=O) groups excluding carboxylic acids is 1. The number of hydrogen-bond donors (Lipinski definition) is 1. The van der Waals surface area contributed by atoms with Gasteiger partial charge in [0.05, 0.1) is 15.6 Å². The van der Waals surface area contributed by atoms with Gasteiger partial charge in [-0.15, -0.1) is 12.4 Å². The minimum atomic E-state index is -0.0559. The molecule has 2 heterocycles. The summed E-state index contributed by atoms with van der Waals surface area (Å²) in [5, 5.41) is 4.32. The second-order valence-corrected chi connectivity index (χ2v) is 7.22. The minimum Gasteiger partial charge on any atom is -0.336 e. The molecule has 1 unspecified atom stereocenters. The Labute approximate surface area is 159 Å². The van der Waals surface area contributed by atoms with Gasteiger partial charge >= 0.3 is 0 Å². The van der Waals surface area contributed by atoms with Gasteiger partial charge in [-0.25, -0.2) is 0 Å². The molecule has 1 aromatic rings. The molecule has 0 saturated carbocycles. The van der Waals surface area contributed by atoms with Crippen LogP contribution in [-0.4, -0.2) is 61.5 Å². The largest absolute Gasteiger partial charge is 0.336 e. The summed E-state index contributed by atoms with van der Waals surface area (Å²) in [6, 6.07) is 5.19. The van der Waals surface area contributed by atoms with E-state index in [9.17, 15) is 4.79 Å². The highest BCUT2D eigenvalue weighted by atomic mass is 35.5. The predicted octanol–water partition coefficient (Wildman–Crippen LogP) is 3.17. The van der Waals surface area contributed by atoms with Crippen molar-refractivity contribution in [1.29, 1.82) is 0 Å². The van der Waals surface area contributed by atoms with Gasteiger partial charge in [-0.2, -0.15) is 0 Å². The Hall–Kier alpha value is -0.520. The molecule has 1 N–H and O–H groups in total. The number of carbonyl (C=O) groups is 1. The van der Waals surface area contributed by atoms with Crippen LogP contribution in [0.3, 0.4) is 0 Å². The zero-order valence-electron chi connectivity index (χ0n) is 13.6. The molecular weight excluding hydrogens is 369 g/mol. The van der Waals surface area contributed by atoms with Gasteiger partial charge in [-0.3, -0.25) is 9.69 Å². The molecule has 3 rings (SSSR count). The van der Waals surface area contributed by atoms with Crippen molar-refractivity contribution in [3.63, 3.8) is 0 Å². The second kappa shape index (κ2) is 9.25. The first kappa shape index (κ1) is 19.8. The maximum Gasteiger partial charge on any atom is 0.256 e. The van der Waals surface area contributed by atoms with Crippen molar-refractivity contribution in [2.75, 3.05) is 45.8 Å². The Balaban J connectivity index is 0.00000208. The number of rotatable bonds is 3. The summed E-state index contributed by atoms with van der Waals surface area (Å²) in [6.07, 6.45) is 2.58. The lowest BCUT2D eigenvalue weighted by Gasteiger charge is -2.37. The van der Waals surface area contributed by atoms with Gasteiger partial charge in [0.25, 0.3) is 5.91 Å². The first-order valence-corrected chi connectivity index (χ1v) is 9.07. The Morgan fingerprint density at radius 1 is 1.17 bits per heavy atom. The van der Waals surface area contributed by atoms with Crippen molar-refractivity contribution in [2.45, 2.75) is 12.8 Å². The van der Waals surface area contributed by atoms with E-state index in [0.29, 0.717) is 15.6 Å². The van der Waals surface area contributed by atoms with E-state index in [1.807, 2.05) is 4.90 Å². The van der Waals surface area contributed by atoms with Gasteiger partial charge in [0.15, 0.2) is 0 Å². The normalized spacial score (nSPS) is 22.1. The van der Waals surface area contributed by atoms with Gasteiger partial charge in [-0.05, 0) is 44.0 Å². The van der Waals surface area contributed by atoms with Crippen LogP contribution in [-0.2, 0) is 0 Å². The van der Waals surface area contributed by atoms with Crippen molar-refractivity contribution in [3.05, 3.63) is 33.8 Å². The van der Waals surface area contributed by atoms with Crippen LogP contribution < -0.4 is 5.32 Å². The van der Waals surface area contributed by atoms with E-state index in [2.05, 4.69) is 10.2 Å². The summed E-state index contributed by atoms with van der Waals surface area (Å²) in [4.78, 5) is 17.0. The lowest BCUT2D eigenvalue weighted by atomic mass is 9.99. The molecule has 2 fully saturated rings. The van der Waals surface area contributed by atoms with Crippen LogP contribution in [0.15, 0.2) is 18.2 Å². The lowest BCUT2D eigenvalue weighted by molar-refractivity contribution is 0.0610. The van der Waals surface area contributed by atoms with Crippen LogP contribution >= 0.6 is 35.6 Å². The average Bonchev–Trinajstić information content (AvgIpc) is 2.56. The van der Waals surface area contributed by atoms with E-state index < -0.39 is 0 Å². The number of nitrogens with one attached hydrogen (secondary N) is 1. The molecule has 2 aliphatic heterocycles. The molecular formula is C17H24Cl3N3O. The van der Waals surface area contributed by atoms with Gasteiger partial charge in [0.2, 0.25) is 0 Å². The number of nitrogens with zero attached hydrogens (tertiary/aromatic N) is 2.